The minimum atomic E-state index is -0.417. The molecule has 1 heterocycles. The fourth-order valence-corrected chi connectivity index (χ4v) is 6.96. The van der Waals surface area contributed by atoms with Crippen LogP contribution in [0.1, 0.15) is 57.3 Å². The molecule has 1 aromatic heterocycles. The smallest absolute Gasteiger partial charge is 0.341 e. The normalized spacial score (nSPS) is 13.4. The summed E-state index contributed by atoms with van der Waals surface area (Å²) in [6, 6.07) is 12.0. The molecule has 0 fully saturated rings. The average molecular weight is 578 g/mol. The quantitative estimate of drug-likeness (QED) is 0.214. The number of rotatable bonds is 8. The molecule has 4 rings (SSSR count). The lowest BCUT2D eigenvalue weighted by atomic mass is 9.95. The summed E-state index contributed by atoms with van der Waals surface area (Å²) in [5, 5.41) is 6.71. The van der Waals surface area contributed by atoms with Gasteiger partial charge in [0.25, 0.3) is 5.91 Å². The molecule has 0 radical (unpaired) electrons. The second kappa shape index (κ2) is 12.3. The van der Waals surface area contributed by atoms with Gasteiger partial charge < -0.3 is 15.4 Å². The number of methoxy groups -OCH3 is 1. The first-order valence-electron chi connectivity index (χ1n) is 11.9. The van der Waals surface area contributed by atoms with Crippen molar-refractivity contribution in [1.29, 1.82) is 0 Å². The number of carbonyl (C=O) groups excluding carboxylic acids is 3. The average Bonchev–Trinajstić information content (AvgIpc) is 3.24. The maximum Gasteiger partial charge on any atom is 0.341 e. The van der Waals surface area contributed by atoms with Gasteiger partial charge in [-0.2, -0.15) is 0 Å². The van der Waals surface area contributed by atoms with E-state index in [-0.39, 0.29) is 16.8 Å². The molecule has 0 spiro atoms. The van der Waals surface area contributed by atoms with Gasteiger partial charge in [-0.15, -0.1) is 23.1 Å². The van der Waals surface area contributed by atoms with Crippen LogP contribution in [-0.4, -0.2) is 30.1 Å². The standard InChI is InChI=1S/C27H26Cl2N2O4S2/c1-3-21(25(33)31-26-23(27(34)35-2)19-9-4-5-10-22(19)37-26)36-17-8-6-7-16(14-17)30-24(32)18-12-11-15(28)13-20(18)29/h6-8,11-14,21H,3-5,9-10H2,1-2H3,(H,30,32)(H,31,33). The molecule has 2 amide bonds. The molecule has 0 saturated heterocycles. The number of carbonyl (C=O) groups is 3. The molecular formula is C27H26Cl2N2O4S2. The van der Waals surface area contributed by atoms with E-state index in [1.807, 2.05) is 25.1 Å². The Morgan fingerprint density at radius 2 is 1.86 bits per heavy atom. The highest BCUT2D eigenvalue weighted by atomic mass is 35.5. The Balaban J connectivity index is 1.47. The lowest BCUT2D eigenvalue weighted by molar-refractivity contribution is -0.115. The van der Waals surface area contributed by atoms with Gasteiger partial charge in [0, 0.05) is 20.5 Å². The van der Waals surface area contributed by atoms with E-state index in [4.69, 9.17) is 27.9 Å². The molecule has 3 aromatic rings. The van der Waals surface area contributed by atoms with Gasteiger partial charge in [-0.3, -0.25) is 9.59 Å². The zero-order chi connectivity index (χ0) is 26.5. The number of amides is 2. The Kier molecular flexibility index (Phi) is 9.18. The Bertz CT molecular complexity index is 1340. The molecule has 194 valence electrons. The van der Waals surface area contributed by atoms with Gasteiger partial charge in [-0.25, -0.2) is 4.79 Å². The SMILES string of the molecule is CCC(Sc1cccc(NC(=O)c2ccc(Cl)cc2Cl)c1)C(=O)Nc1sc2c(c1C(=O)OC)CCCC2. The lowest BCUT2D eigenvalue weighted by Crippen LogP contribution is -2.25. The van der Waals surface area contributed by atoms with Gasteiger partial charge in [0.2, 0.25) is 5.91 Å². The summed E-state index contributed by atoms with van der Waals surface area (Å²) in [6.45, 7) is 1.94. The summed E-state index contributed by atoms with van der Waals surface area (Å²) in [5.41, 5.74) is 2.38. The molecule has 37 heavy (non-hydrogen) atoms. The van der Waals surface area contributed by atoms with Gasteiger partial charge in [-0.1, -0.05) is 36.2 Å². The molecule has 2 N–H and O–H groups in total. The predicted molar refractivity (Wildman–Crippen MR) is 152 cm³/mol. The van der Waals surface area contributed by atoms with E-state index >= 15 is 0 Å². The number of hydrogen-bond acceptors (Lipinski definition) is 6. The van der Waals surface area contributed by atoms with E-state index in [2.05, 4.69) is 10.6 Å². The van der Waals surface area contributed by atoms with Gasteiger partial charge in [-0.05, 0) is 74.1 Å². The maximum absolute atomic E-state index is 13.3. The van der Waals surface area contributed by atoms with Crippen LogP contribution in [0.3, 0.4) is 0 Å². The van der Waals surface area contributed by atoms with Crippen molar-refractivity contribution < 1.29 is 19.1 Å². The van der Waals surface area contributed by atoms with E-state index < -0.39 is 11.2 Å². The molecule has 2 aromatic carbocycles. The minimum Gasteiger partial charge on any atom is -0.465 e. The number of anilines is 2. The van der Waals surface area contributed by atoms with Crippen molar-refractivity contribution in [3.8, 4) is 0 Å². The molecule has 0 saturated carbocycles. The van der Waals surface area contributed by atoms with Crippen molar-refractivity contribution in [2.24, 2.45) is 0 Å². The predicted octanol–water partition coefficient (Wildman–Crippen LogP) is 7.48. The van der Waals surface area contributed by atoms with Gasteiger partial charge in [0.05, 0.1) is 28.5 Å². The Morgan fingerprint density at radius 3 is 2.59 bits per heavy atom. The highest BCUT2D eigenvalue weighted by Gasteiger charge is 2.28. The summed E-state index contributed by atoms with van der Waals surface area (Å²) < 4.78 is 5.02. The summed E-state index contributed by atoms with van der Waals surface area (Å²) in [6.07, 6.45) is 4.40. The molecular weight excluding hydrogens is 551 g/mol. The molecule has 1 aliphatic rings. The largest absolute Gasteiger partial charge is 0.465 e. The fourth-order valence-electron chi connectivity index (χ4n) is 4.17. The summed E-state index contributed by atoms with van der Waals surface area (Å²) in [4.78, 5) is 40.4. The number of nitrogens with one attached hydrogen (secondary N) is 2. The van der Waals surface area contributed by atoms with Crippen molar-refractivity contribution >= 4 is 74.8 Å². The minimum absolute atomic E-state index is 0.182. The number of halogens is 2. The number of fused-ring (bicyclic) bond motifs is 1. The number of aryl methyl sites for hydroxylation is 1. The molecule has 1 atom stereocenters. The van der Waals surface area contributed by atoms with Gasteiger partial charge in [0.15, 0.2) is 0 Å². The Hall–Kier alpha value is -2.52. The summed E-state index contributed by atoms with van der Waals surface area (Å²) in [7, 11) is 1.36. The molecule has 6 nitrogen and oxygen atoms in total. The van der Waals surface area contributed by atoms with Gasteiger partial charge >= 0.3 is 5.97 Å². The van der Waals surface area contributed by atoms with Crippen LogP contribution in [-0.2, 0) is 22.4 Å². The highest BCUT2D eigenvalue weighted by Crippen LogP contribution is 2.39. The number of hydrogen-bond donors (Lipinski definition) is 2. The first-order chi connectivity index (χ1) is 17.8. The van der Waals surface area contributed by atoms with Crippen LogP contribution in [0.15, 0.2) is 47.4 Å². The van der Waals surface area contributed by atoms with Crippen molar-refractivity contribution in [1.82, 2.24) is 0 Å². The summed E-state index contributed by atoms with van der Waals surface area (Å²) in [5.74, 6) is -0.955. The van der Waals surface area contributed by atoms with Crippen LogP contribution in [0.25, 0.3) is 0 Å². The molecule has 1 unspecified atom stereocenters. The van der Waals surface area contributed by atoms with Crippen LogP contribution in [0.2, 0.25) is 10.0 Å². The number of esters is 1. The Labute approximate surface area is 234 Å². The third-order valence-electron chi connectivity index (χ3n) is 6.01. The van der Waals surface area contributed by atoms with Crippen molar-refractivity contribution in [3.63, 3.8) is 0 Å². The molecule has 10 heteroatoms. The van der Waals surface area contributed by atoms with Crippen LogP contribution in [0.4, 0.5) is 10.7 Å². The second-order valence-electron chi connectivity index (χ2n) is 8.52. The van der Waals surface area contributed by atoms with E-state index in [0.717, 1.165) is 41.0 Å². The first-order valence-corrected chi connectivity index (χ1v) is 14.3. The fraction of sp³-hybridized carbons (Fsp3) is 0.296. The van der Waals surface area contributed by atoms with Crippen molar-refractivity contribution in [3.05, 3.63) is 74.1 Å². The van der Waals surface area contributed by atoms with Crippen molar-refractivity contribution in [2.45, 2.75) is 49.2 Å². The molecule has 1 aliphatic carbocycles. The second-order valence-corrected chi connectivity index (χ2v) is 11.7. The van der Waals surface area contributed by atoms with Crippen LogP contribution >= 0.6 is 46.3 Å². The van der Waals surface area contributed by atoms with E-state index in [0.29, 0.717) is 33.3 Å². The molecule has 0 bridgehead atoms. The first kappa shape index (κ1) is 27.5. The Morgan fingerprint density at radius 1 is 1.08 bits per heavy atom. The van der Waals surface area contributed by atoms with Crippen LogP contribution in [0.5, 0.6) is 0 Å². The van der Waals surface area contributed by atoms with E-state index in [9.17, 15) is 14.4 Å². The lowest BCUT2D eigenvalue weighted by Gasteiger charge is -2.16. The highest BCUT2D eigenvalue weighted by molar-refractivity contribution is 8.00. The zero-order valence-electron chi connectivity index (χ0n) is 20.4. The number of thiophene rings is 1. The number of benzene rings is 2. The van der Waals surface area contributed by atoms with Crippen LogP contribution < -0.4 is 10.6 Å². The topological polar surface area (TPSA) is 84.5 Å². The monoisotopic (exact) mass is 576 g/mol. The third kappa shape index (κ3) is 6.49. The van der Waals surface area contributed by atoms with Gasteiger partial charge in [0.1, 0.15) is 5.00 Å². The molecule has 0 aliphatic heterocycles. The van der Waals surface area contributed by atoms with E-state index in [1.165, 1.54) is 36.3 Å². The summed E-state index contributed by atoms with van der Waals surface area (Å²) >= 11 is 15.0. The maximum atomic E-state index is 13.3. The zero-order valence-corrected chi connectivity index (χ0v) is 23.5. The van der Waals surface area contributed by atoms with Crippen LogP contribution in [0, 0.1) is 0 Å². The van der Waals surface area contributed by atoms with Crippen molar-refractivity contribution in [2.75, 3.05) is 17.7 Å². The number of ether oxygens (including phenoxy) is 1. The third-order valence-corrected chi connectivity index (χ3v) is 9.12. The van der Waals surface area contributed by atoms with E-state index in [1.54, 1.807) is 18.2 Å². The number of thioether (sulfide) groups is 1.